The zero-order valence-electron chi connectivity index (χ0n) is 15.0. The van der Waals surface area contributed by atoms with Crippen LogP contribution in [0.15, 0.2) is 65.7 Å². The molecule has 0 atom stereocenters. The van der Waals surface area contributed by atoms with Gasteiger partial charge in [-0.1, -0.05) is 54.1 Å². The van der Waals surface area contributed by atoms with Gasteiger partial charge in [0.15, 0.2) is 5.96 Å². The molecule has 3 rings (SSSR count). The van der Waals surface area contributed by atoms with Crippen LogP contribution in [0.3, 0.4) is 0 Å². The molecule has 130 valence electrons. The number of hydrogen-bond acceptors (Lipinski definition) is 2. The van der Waals surface area contributed by atoms with Crippen LogP contribution in [0.2, 0.25) is 0 Å². The molecule has 0 unspecified atom stereocenters. The maximum Gasteiger partial charge on any atom is 0.191 e. The van der Waals surface area contributed by atoms with Gasteiger partial charge in [0.1, 0.15) is 0 Å². The van der Waals surface area contributed by atoms with Crippen LogP contribution in [0, 0.1) is 6.92 Å². The van der Waals surface area contributed by atoms with Gasteiger partial charge < -0.3 is 15.5 Å². The second kappa shape index (κ2) is 8.38. The summed E-state index contributed by atoms with van der Waals surface area (Å²) in [5, 5.41) is 6.72. The molecule has 0 bridgehead atoms. The minimum atomic E-state index is 0.756. The number of guanidine groups is 1. The number of nitrogens with zero attached hydrogens (tertiary/aromatic N) is 2. The summed E-state index contributed by atoms with van der Waals surface area (Å²) in [5.41, 5.74) is 5.04. The predicted octanol–water partition coefficient (Wildman–Crippen LogP) is 3.24. The number of aryl methyl sites for hydroxylation is 1. The van der Waals surface area contributed by atoms with Gasteiger partial charge in [0, 0.05) is 38.9 Å². The Morgan fingerprint density at radius 1 is 0.880 bits per heavy atom. The molecule has 0 amide bonds. The third-order valence-corrected chi connectivity index (χ3v) is 4.38. The van der Waals surface area contributed by atoms with Crippen molar-refractivity contribution in [1.29, 1.82) is 0 Å². The summed E-state index contributed by atoms with van der Waals surface area (Å²) >= 11 is 0. The highest BCUT2D eigenvalue weighted by Gasteiger charge is 2.07. The van der Waals surface area contributed by atoms with Gasteiger partial charge in [-0.25, -0.2) is 0 Å². The van der Waals surface area contributed by atoms with Crippen LogP contribution in [0.5, 0.6) is 0 Å². The summed E-state index contributed by atoms with van der Waals surface area (Å²) in [7, 11) is 1.80. The smallest absolute Gasteiger partial charge is 0.191 e. The summed E-state index contributed by atoms with van der Waals surface area (Å²) in [5.74, 6) is 0.813. The molecule has 1 heterocycles. The van der Waals surface area contributed by atoms with Crippen molar-refractivity contribution in [2.24, 2.45) is 4.99 Å². The second-order valence-corrected chi connectivity index (χ2v) is 6.31. The van der Waals surface area contributed by atoms with E-state index in [0.29, 0.717) is 0 Å². The molecule has 0 saturated heterocycles. The molecule has 4 heteroatoms. The van der Waals surface area contributed by atoms with Crippen molar-refractivity contribution in [3.63, 3.8) is 0 Å². The lowest BCUT2D eigenvalue weighted by Gasteiger charge is -2.18. The van der Waals surface area contributed by atoms with Crippen LogP contribution >= 0.6 is 0 Å². The van der Waals surface area contributed by atoms with E-state index in [2.05, 4.69) is 88.1 Å². The minimum absolute atomic E-state index is 0.756. The third-order valence-electron chi connectivity index (χ3n) is 4.38. The van der Waals surface area contributed by atoms with E-state index in [4.69, 9.17) is 0 Å². The summed E-state index contributed by atoms with van der Waals surface area (Å²) in [6, 6.07) is 17.3. The number of rotatable bonds is 5. The van der Waals surface area contributed by atoms with E-state index in [-0.39, 0.29) is 0 Å². The van der Waals surface area contributed by atoms with E-state index < -0.39 is 0 Å². The summed E-state index contributed by atoms with van der Waals surface area (Å²) < 4.78 is 0. The Bertz CT molecular complexity index is 721. The molecule has 0 saturated carbocycles. The standard InChI is InChI=1S/C21H26N4/c1-17-5-7-18(8-6-17)15-23-21(22-2)24-16-19-9-11-20(12-10-19)25-13-3-4-14-25/h3-12H,13-16H2,1-2H3,(H2,22,23,24). The summed E-state index contributed by atoms with van der Waals surface area (Å²) in [4.78, 5) is 6.64. The molecule has 2 aromatic carbocycles. The first kappa shape index (κ1) is 17.1. The third kappa shape index (κ3) is 4.86. The van der Waals surface area contributed by atoms with Gasteiger partial charge in [-0.05, 0) is 30.2 Å². The van der Waals surface area contributed by atoms with Crippen molar-refractivity contribution in [1.82, 2.24) is 10.6 Å². The average molecular weight is 334 g/mol. The molecule has 0 spiro atoms. The van der Waals surface area contributed by atoms with Crippen molar-refractivity contribution in [3.8, 4) is 0 Å². The van der Waals surface area contributed by atoms with Gasteiger partial charge in [-0.15, -0.1) is 0 Å². The Kier molecular flexibility index (Phi) is 5.73. The van der Waals surface area contributed by atoms with E-state index in [1.165, 1.54) is 22.4 Å². The normalized spacial score (nSPS) is 14.0. The van der Waals surface area contributed by atoms with E-state index in [1.807, 2.05) is 0 Å². The molecular formula is C21H26N4. The molecule has 4 nitrogen and oxygen atoms in total. The molecule has 2 aromatic rings. The highest BCUT2D eigenvalue weighted by molar-refractivity contribution is 5.79. The number of benzene rings is 2. The molecular weight excluding hydrogens is 308 g/mol. The summed E-state index contributed by atoms with van der Waals surface area (Å²) in [6.07, 6.45) is 4.42. The predicted molar refractivity (Wildman–Crippen MR) is 106 cm³/mol. The monoisotopic (exact) mass is 334 g/mol. The Morgan fingerprint density at radius 3 is 1.92 bits per heavy atom. The van der Waals surface area contributed by atoms with Gasteiger partial charge in [0.2, 0.25) is 0 Å². The number of anilines is 1. The first-order chi connectivity index (χ1) is 12.2. The lowest BCUT2D eigenvalue weighted by Crippen LogP contribution is -2.36. The van der Waals surface area contributed by atoms with Gasteiger partial charge in [-0.2, -0.15) is 0 Å². The SMILES string of the molecule is CN=C(NCc1ccc(C)cc1)NCc1ccc(N2CC=CC2)cc1. The van der Waals surface area contributed by atoms with Crippen LogP contribution in [-0.4, -0.2) is 26.1 Å². The molecule has 0 fully saturated rings. The van der Waals surface area contributed by atoms with Crippen molar-refractivity contribution in [2.75, 3.05) is 25.0 Å². The molecule has 0 aromatic heterocycles. The van der Waals surface area contributed by atoms with Gasteiger partial charge >= 0.3 is 0 Å². The van der Waals surface area contributed by atoms with E-state index >= 15 is 0 Å². The lowest BCUT2D eigenvalue weighted by molar-refractivity contribution is 0.809. The fourth-order valence-corrected chi connectivity index (χ4v) is 2.81. The Balaban J connectivity index is 1.48. The molecule has 0 aliphatic carbocycles. The van der Waals surface area contributed by atoms with Crippen molar-refractivity contribution >= 4 is 11.6 Å². The largest absolute Gasteiger partial charge is 0.364 e. The summed E-state index contributed by atoms with van der Waals surface area (Å²) in [6.45, 7) is 5.64. The zero-order chi connectivity index (χ0) is 17.5. The first-order valence-corrected chi connectivity index (χ1v) is 8.73. The Labute approximate surface area is 150 Å². The van der Waals surface area contributed by atoms with Gasteiger partial charge in [0.05, 0.1) is 0 Å². The van der Waals surface area contributed by atoms with Crippen LogP contribution in [0.25, 0.3) is 0 Å². The molecule has 1 aliphatic heterocycles. The van der Waals surface area contributed by atoms with Gasteiger partial charge in [0.25, 0.3) is 0 Å². The fourth-order valence-electron chi connectivity index (χ4n) is 2.81. The topological polar surface area (TPSA) is 39.7 Å². The maximum atomic E-state index is 4.29. The van der Waals surface area contributed by atoms with Crippen molar-refractivity contribution in [2.45, 2.75) is 20.0 Å². The number of nitrogens with one attached hydrogen (secondary N) is 2. The van der Waals surface area contributed by atoms with E-state index in [0.717, 1.165) is 32.1 Å². The van der Waals surface area contributed by atoms with Gasteiger partial charge in [-0.3, -0.25) is 4.99 Å². The van der Waals surface area contributed by atoms with Crippen molar-refractivity contribution in [3.05, 3.63) is 77.4 Å². The maximum absolute atomic E-state index is 4.29. The molecule has 1 aliphatic rings. The average Bonchev–Trinajstić information content (AvgIpc) is 3.18. The second-order valence-electron chi connectivity index (χ2n) is 6.31. The Morgan fingerprint density at radius 2 is 1.40 bits per heavy atom. The number of hydrogen-bond donors (Lipinski definition) is 2. The lowest BCUT2D eigenvalue weighted by atomic mass is 10.1. The highest BCUT2D eigenvalue weighted by Crippen LogP contribution is 2.17. The van der Waals surface area contributed by atoms with Crippen LogP contribution in [0.4, 0.5) is 5.69 Å². The minimum Gasteiger partial charge on any atom is -0.364 e. The molecule has 0 radical (unpaired) electrons. The number of aliphatic imine (C=N–C) groups is 1. The molecule has 25 heavy (non-hydrogen) atoms. The first-order valence-electron chi connectivity index (χ1n) is 8.73. The highest BCUT2D eigenvalue weighted by atomic mass is 15.2. The molecule has 2 N–H and O–H groups in total. The van der Waals surface area contributed by atoms with E-state index in [9.17, 15) is 0 Å². The van der Waals surface area contributed by atoms with E-state index in [1.54, 1.807) is 7.05 Å². The van der Waals surface area contributed by atoms with Crippen LogP contribution in [0.1, 0.15) is 16.7 Å². The van der Waals surface area contributed by atoms with Crippen LogP contribution < -0.4 is 15.5 Å². The quantitative estimate of drug-likeness (QED) is 0.501. The fraction of sp³-hybridized carbons (Fsp3) is 0.286. The van der Waals surface area contributed by atoms with Crippen molar-refractivity contribution < 1.29 is 0 Å². The van der Waals surface area contributed by atoms with Crippen LogP contribution in [-0.2, 0) is 13.1 Å². The zero-order valence-corrected chi connectivity index (χ0v) is 15.0. The Hall–Kier alpha value is -2.75.